The number of hydrogen-bond donors (Lipinski definition) is 1. The number of halogens is 1. The van der Waals surface area contributed by atoms with Crippen LogP contribution in [-0.4, -0.2) is 12.1 Å². The zero-order valence-corrected chi connectivity index (χ0v) is 10.6. The van der Waals surface area contributed by atoms with E-state index in [-0.39, 0.29) is 5.56 Å². The van der Waals surface area contributed by atoms with Gasteiger partial charge in [0.25, 0.3) is 5.91 Å². The lowest BCUT2D eigenvalue weighted by atomic mass is 10.2. The monoisotopic (exact) mass is 260 g/mol. The summed E-state index contributed by atoms with van der Waals surface area (Å²) in [5.74, 6) is 0.572. The molecule has 1 aromatic carbocycles. The minimum atomic E-state index is -0.464. The highest BCUT2D eigenvalue weighted by molar-refractivity contribution is 5.94. The van der Waals surface area contributed by atoms with Gasteiger partial charge in [0.05, 0.1) is 6.21 Å². The van der Waals surface area contributed by atoms with Crippen molar-refractivity contribution in [3.05, 3.63) is 58.8 Å². The zero-order chi connectivity index (χ0) is 13.8. The molecule has 0 aliphatic heterocycles. The van der Waals surface area contributed by atoms with Crippen LogP contribution in [0.3, 0.4) is 0 Å². The molecule has 5 heteroatoms. The Balaban J connectivity index is 2.03. The maximum Gasteiger partial charge on any atom is 0.271 e. The smallest absolute Gasteiger partial charge is 0.271 e. The summed E-state index contributed by atoms with van der Waals surface area (Å²) in [6.07, 6.45) is 1.49. The molecule has 0 radical (unpaired) electrons. The van der Waals surface area contributed by atoms with Crippen LogP contribution in [0.5, 0.6) is 0 Å². The van der Waals surface area contributed by atoms with Gasteiger partial charge in [0.1, 0.15) is 17.3 Å². The molecule has 0 aliphatic carbocycles. The summed E-state index contributed by atoms with van der Waals surface area (Å²) >= 11 is 0. The van der Waals surface area contributed by atoms with Crippen LogP contribution in [0, 0.1) is 19.7 Å². The Labute approximate surface area is 109 Å². The van der Waals surface area contributed by atoms with E-state index in [0.29, 0.717) is 0 Å². The first-order valence-electron chi connectivity index (χ1n) is 5.72. The predicted molar refractivity (Wildman–Crippen MR) is 69.6 cm³/mol. The molecule has 0 fully saturated rings. The molecule has 2 rings (SSSR count). The number of carbonyl (C=O) groups is 1. The largest absolute Gasteiger partial charge is 0.466 e. The van der Waals surface area contributed by atoms with Gasteiger partial charge in [0.2, 0.25) is 0 Å². The molecule has 19 heavy (non-hydrogen) atoms. The van der Waals surface area contributed by atoms with E-state index >= 15 is 0 Å². The van der Waals surface area contributed by atoms with E-state index in [1.807, 2.05) is 19.9 Å². The molecule has 1 amide bonds. The van der Waals surface area contributed by atoms with Gasteiger partial charge in [-0.2, -0.15) is 5.10 Å². The quantitative estimate of drug-likeness (QED) is 0.681. The molecule has 0 atom stereocenters. The number of hydrazone groups is 1. The van der Waals surface area contributed by atoms with Crippen molar-refractivity contribution in [3.63, 3.8) is 0 Å². The number of rotatable bonds is 3. The van der Waals surface area contributed by atoms with Gasteiger partial charge in [-0.1, -0.05) is 6.07 Å². The lowest BCUT2D eigenvalue weighted by Gasteiger charge is -1.99. The topological polar surface area (TPSA) is 54.6 Å². The fourth-order valence-electron chi connectivity index (χ4n) is 1.63. The highest BCUT2D eigenvalue weighted by Crippen LogP contribution is 2.10. The number of amides is 1. The van der Waals surface area contributed by atoms with Gasteiger partial charge in [-0.3, -0.25) is 4.79 Å². The summed E-state index contributed by atoms with van der Waals surface area (Å²) < 4.78 is 18.3. The second-order valence-corrected chi connectivity index (χ2v) is 4.08. The second-order valence-electron chi connectivity index (χ2n) is 4.08. The molecule has 98 valence electrons. The SMILES string of the molecule is Cc1cc(/C=N/NC(=O)c2cccc(F)c2)c(C)o1. The molecule has 0 unspecified atom stereocenters. The second kappa shape index (κ2) is 5.48. The zero-order valence-electron chi connectivity index (χ0n) is 10.6. The van der Waals surface area contributed by atoms with Crippen molar-refractivity contribution in [2.24, 2.45) is 5.10 Å². The van der Waals surface area contributed by atoms with E-state index in [2.05, 4.69) is 10.5 Å². The van der Waals surface area contributed by atoms with Crippen LogP contribution in [0.15, 0.2) is 39.9 Å². The average molecular weight is 260 g/mol. The van der Waals surface area contributed by atoms with E-state index in [9.17, 15) is 9.18 Å². The molecule has 0 aliphatic rings. The number of nitrogens with one attached hydrogen (secondary N) is 1. The van der Waals surface area contributed by atoms with E-state index in [0.717, 1.165) is 23.2 Å². The van der Waals surface area contributed by atoms with E-state index in [1.165, 1.54) is 24.4 Å². The number of hydrogen-bond acceptors (Lipinski definition) is 3. The van der Waals surface area contributed by atoms with Gasteiger partial charge in [0, 0.05) is 11.1 Å². The first-order valence-corrected chi connectivity index (χ1v) is 5.72. The van der Waals surface area contributed by atoms with Gasteiger partial charge >= 0.3 is 0 Å². The fourth-order valence-corrected chi connectivity index (χ4v) is 1.63. The maximum absolute atomic E-state index is 12.9. The van der Waals surface area contributed by atoms with Crippen molar-refractivity contribution in [1.82, 2.24) is 5.43 Å². The fraction of sp³-hybridized carbons (Fsp3) is 0.143. The van der Waals surface area contributed by atoms with Crippen LogP contribution in [0.1, 0.15) is 27.4 Å². The third-order valence-corrected chi connectivity index (χ3v) is 2.54. The summed E-state index contributed by atoms with van der Waals surface area (Å²) in [6, 6.07) is 7.22. The van der Waals surface area contributed by atoms with Gasteiger partial charge < -0.3 is 4.42 Å². The molecule has 2 aromatic rings. The molecule has 1 N–H and O–H groups in total. The van der Waals surface area contributed by atoms with E-state index < -0.39 is 11.7 Å². The lowest BCUT2D eigenvalue weighted by molar-refractivity contribution is 0.0954. The number of furan rings is 1. The van der Waals surface area contributed by atoms with Crippen LogP contribution in [0.2, 0.25) is 0 Å². The normalized spacial score (nSPS) is 10.9. The maximum atomic E-state index is 12.9. The first-order chi connectivity index (χ1) is 9.06. The molecule has 1 aromatic heterocycles. The minimum Gasteiger partial charge on any atom is -0.466 e. The van der Waals surface area contributed by atoms with Crippen molar-refractivity contribution >= 4 is 12.1 Å². The molecular formula is C14H13FN2O2. The van der Waals surface area contributed by atoms with Crippen LogP contribution < -0.4 is 5.43 Å². The Kier molecular flexibility index (Phi) is 3.75. The Bertz CT molecular complexity index is 632. The Morgan fingerprint density at radius 3 is 2.79 bits per heavy atom. The average Bonchev–Trinajstić information content (AvgIpc) is 2.68. The van der Waals surface area contributed by atoms with Gasteiger partial charge in [-0.05, 0) is 38.1 Å². The Morgan fingerprint density at radius 2 is 2.16 bits per heavy atom. The summed E-state index contributed by atoms with van der Waals surface area (Å²) in [4.78, 5) is 11.7. The van der Waals surface area contributed by atoms with Crippen molar-refractivity contribution in [2.45, 2.75) is 13.8 Å². The predicted octanol–water partition coefficient (Wildman–Crippen LogP) is 2.80. The van der Waals surface area contributed by atoms with Crippen molar-refractivity contribution in [1.29, 1.82) is 0 Å². The van der Waals surface area contributed by atoms with Crippen LogP contribution in [0.4, 0.5) is 4.39 Å². The van der Waals surface area contributed by atoms with Gasteiger partial charge in [-0.25, -0.2) is 9.82 Å². The number of carbonyl (C=O) groups excluding carboxylic acids is 1. The van der Waals surface area contributed by atoms with Crippen LogP contribution >= 0.6 is 0 Å². The third-order valence-electron chi connectivity index (χ3n) is 2.54. The van der Waals surface area contributed by atoms with Gasteiger partial charge in [-0.15, -0.1) is 0 Å². The molecule has 0 saturated carbocycles. The highest BCUT2D eigenvalue weighted by Gasteiger charge is 2.05. The lowest BCUT2D eigenvalue weighted by Crippen LogP contribution is -2.17. The standard InChI is InChI=1S/C14H13FN2O2/c1-9-6-12(10(2)19-9)8-16-17-14(18)11-4-3-5-13(15)7-11/h3-8H,1-2H3,(H,17,18)/b16-8+. The van der Waals surface area contributed by atoms with E-state index in [1.54, 1.807) is 0 Å². The third kappa shape index (κ3) is 3.28. The Hall–Kier alpha value is -2.43. The van der Waals surface area contributed by atoms with Crippen LogP contribution in [0.25, 0.3) is 0 Å². The summed E-state index contributed by atoms with van der Waals surface area (Å²) in [5.41, 5.74) is 3.34. The molecule has 0 spiro atoms. The van der Waals surface area contributed by atoms with Gasteiger partial charge in [0.15, 0.2) is 0 Å². The molecule has 0 saturated heterocycles. The summed E-state index contributed by atoms with van der Waals surface area (Å²) in [5, 5.41) is 3.81. The van der Waals surface area contributed by atoms with Crippen LogP contribution in [-0.2, 0) is 0 Å². The summed E-state index contributed by atoms with van der Waals surface area (Å²) in [7, 11) is 0. The van der Waals surface area contributed by atoms with Crippen molar-refractivity contribution in [3.8, 4) is 0 Å². The minimum absolute atomic E-state index is 0.220. The summed E-state index contributed by atoms with van der Waals surface area (Å²) in [6.45, 7) is 3.64. The number of benzene rings is 1. The Morgan fingerprint density at radius 1 is 1.37 bits per heavy atom. The molecular weight excluding hydrogens is 247 g/mol. The van der Waals surface area contributed by atoms with E-state index in [4.69, 9.17) is 4.42 Å². The first kappa shape index (κ1) is 13.0. The number of nitrogens with zero attached hydrogens (tertiary/aromatic N) is 1. The molecule has 0 bridgehead atoms. The number of aryl methyl sites for hydroxylation is 2. The van der Waals surface area contributed by atoms with Crippen molar-refractivity contribution in [2.75, 3.05) is 0 Å². The highest BCUT2D eigenvalue weighted by atomic mass is 19.1. The molecule has 1 heterocycles. The van der Waals surface area contributed by atoms with Crippen molar-refractivity contribution < 1.29 is 13.6 Å². The molecule has 4 nitrogen and oxygen atoms in total.